The molecule has 1 atom stereocenters. The van der Waals surface area contributed by atoms with E-state index in [2.05, 4.69) is 12.3 Å². The van der Waals surface area contributed by atoms with Gasteiger partial charge in [0, 0.05) is 13.0 Å². The monoisotopic (exact) mass is 420 g/mol. The lowest BCUT2D eigenvalue weighted by molar-refractivity contribution is -0.191. The second-order valence-corrected chi connectivity index (χ2v) is 8.19. The van der Waals surface area contributed by atoms with Crippen LogP contribution in [0, 0.1) is 0 Å². The number of halogens is 3. The lowest BCUT2D eigenvalue weighted by Gasteiger charge is -2.29. The van der Waals surface area contributed by atoms with Crippen LogP contribution >= 0.6 is 0 Å². The van der Waals surface area contributed by atoms with Gasteiger partial charge in [0.1, 0.15) is 6.04 Å². The van der Waals surface area contributed by atoms with Crippen LogP contribution in [0.5, 0.6) is 0 Å². The molecule has 1 fully saturated rings. The van der Waals surface area contributed by atoms with Crippen molar-refractivity contribution in [2.24, 2.45) is 0 Å². The second kappa shape index (κ2) is 10.3. The van der Waals surface area contributed by atoms with Crippen LogP contribution in [0.1, 0.15) is 75.5 Å². The second-order valence-electron chi connectivity index (χ2n) is 8.19. The van der Waals surface area contributed by atoms with E-state index in [-0.39, 0.29) is 24.4 Å². The van der Waals surface area contributed by atoms with E-state index in [4.69, 9.17) is 0 Å². The van der Waals surface area contributed by atoms with Gasteiger partial charge in [-0.05, 0) is 40.8 Å². The number of amides is 1. The molecular weight excluding hydrogens is 389 g/mol. The first-order valence-corrected chi connectivity index (χ1v) is 11.0. The molecule has 1 saturated heterocycles. The molecule has 1 aliphatic rings. The first-order valence-electron chi connectivity index (χ1n) is 11.0. The predicted molar refractivity (Wildman–Crippen MR) is 114 cm³/mol. The molecule has 1 amide bonds. The highest BCUT2D eigenvalue weighted by Gasteiger charge is 2.46. The summed E-state index contributed by atoms with van der Waals surface area (Å²) in [7, 11) is 0. The number of hydrogen-bond donors (Lipinski definition) is 1. The molecular formula is C24H31F3N2O. The lowest BCUT2D eigenvalue weighted by atomic mass is 9.95. The standard InChI is InChI=1S/C24H31F3N2O/c1-2-3-4-5-6-7-8-10-18-11-9-12-19-13-14-20(17-21(18)19)23(24(25,26)27)29-16-15-22(30)28-29/h9,11-14,17,23H,2-8,10,15-16H2,1H3,(H,28,30). The van der Waals surface area contributed by atoms with Crippen LogP contribution < -0.4 is 5.43 Å². The van der Waals surface area contributed by atoms with Gasteiger partial charge in [0.2, 0.25) is 5.91 Å². The van der Waals surface area contributed by atoms with E-state index in [9.17, 15) is 18.0 Å². The number of nitrogens with zero attached hydrogens (tertiary/aromatic N) is 1. The highest BCUT2D eigenvalue weighted by Crippen LogP contribution is 2.39. The van der Waals surface area contributed by atoms with Crippen LogP contribution in [0.15, 0.2) is 36.4 Å². The van der Waals surface area contributed by atoms with Crippen LogP contribution in [0.3, 0.4) is 0 Å². The summed E-state index contributed by atoms with van der Waals surface area (Å²) >= 11 is 0. The van der Waals surface area contributed by atoms with Crippen molar-refractivity contribution in [2.45, 2.75) is 76.9 Å². The van der Waals surface area contributed by atoms with Gasteiger partial charge in [0.25, 0.3) is 0 Å². The van der Waals surface area contributed by atoms with Crippen LogP contribution in [-0.2, 0) is 11.2 Å². The Labute approximate surface area is 176 Å². The molecule has 3 rings (SSSR count). The molecule has 1 aliphatic heterocycles. The van der Waals surface area contributed by atoms with Crippen molar-refractivity contribution in [1.82, 2.24) is 10.4 Å². The van der Waals surface area contributed by atoms with Gasteiger partial charge in [0.15, 0.2) is 0 Å². The van der Waals surface area contributed by atoms with E-state index in [1.807, 2.05) is 18.2 Å². The highest BCUT2D eigenvalue weighted by atomic mass is 19.4. The van der Waals surface area contributed by atoms with Crippen molar-refractivity contribution < 1.29 is 18.0 Å². The number of carbonyl (C=O) groups is 1. The number of alkyl halides is 3. The predicted octanol–water partition coefficient (Wildman–Crippen LogP) is 6.47. The minimum atomic E-state index is -4.47. The Hall–Kier alpha value is -2.08. The molecule has 1 unspecified atom stereocenters. The van der Waals surface area contributed by atoms with Crippen LogP contribution in [-0.4, -0.2) is 23.6 Å². The number of benzene rings is 2. The molecule has 6 heteroatoms. The summed E-state index contributed by atoms with van der Waals surface area (Å²) in [5.41, 5.74) is 3.62. The summed E-state index contributed by atoms with van der Waals surface area (Å²) in [6.45, 7) is 2.26. The number of unbranched alkanes of at least 4 members (excludes halogenated alkanes) is 6. The molecule has 0 saturated carbocycles. The summed E-state index contributed by atoms with van der Waals surface area (Å²) in [5, 5.41) is 2.84. The zero-order chi connectivity index (χ0) is 21.6. The number of hydrogen-bond acceptors (Lipinski definition) is 2. The first-order chi connectivity index (χ1) is 14.4. The Kier molecular flexibility index (Phi) is 7.75. The average Bonchev–Trinajstić information content (AvgIpc) is 3.12. The van der Waals surface area contributed by atoms with Gasteiger partial charge in [0.05, 0.1) is 0 Å². The molecule has 1 N–H and O–H groups in total. The summed E-state index contributed by atoms with van der Waals surface area (Å²) in [4.78, 5) is 11.5. The maximum absolute atomic E-state index is 13.9. The van der Waals surface area contributed by atoms with E-state index in [1.165, 1.54) is 38.2 Å². The summed E-state index contributed by atoms with van der Waals surface area (Å²) in [6.07, 6.45) is 4.92. The quantitative estimate of drug-likeness (QED) is 0.447. The zero-order valence-corrected chi connectivity index (χ0v) is 17.6. The highest BCUT2D eigenvalue weighted by molar-refractivity contribution is 5.86. The van der Waals surface area contributed by atoms with Crippen molar-refractivity contribution >= 4 is 16.7 Å². The molecule has 164 valence electrons. The van der Waals surface area contributed by atoms with Crippen molar-refractivity contribution in [1.29, 1.82) is 0 Å². The van der Waals surface area contributed by atoms with Gasteiger partial charge < -0.3 is 0 Å². The van der Waals surface area contributed by atoms with Crippen LogP contribution in [0.4, 0.5) is 13.2 Å². The van der Waals surface area contributed by atoms with Crippen molar-refractivity contribution in [3.05, 3.63) is 47.5 Å². The lowest BCUT2D eigenvalue weighted by Crippen LogP contribution is -2.43. The SMILES string of the molecule is CCCCCCCCCc1cccc2ccc(C(N3CCC(=O)N3)C(F)(F)F)cc12. The molecule has 0 radical (unpaired) electrons. The smallest absolute Gasteiger partial charge is 0.288 e. The summed E-state index contributed by atoms with van der Waals surface area (Å²) in [6, 6.07) is 9.05. The van der Waals surface area contributed by atoms with E-state index in [0.717, 1.165) is 40.6 Å². The van der Waals surface area contributed by atoms with Crippen molar-refractivity contribution in [2.75, 3.05) is 6.54 Å². The molecule has 0 bridgehead atoms. The number of fused-ring (bicyclic) bond motifs is 1. The molecule has 2 aromatic rings. The number of rotatable bonds is 10. The van der Waals surface area contributed by atoms with Gasteiger partial charge in [-0.3, -0.25) is 10.2 Å². The maximum atomic E-state index is 13.9. The zero-order valence-electron chi connectivity index (χ0n) is 17.6. The Morgan fingerprint density at radius 2 is 1.77 bits per heavy atom. The third-order valence-electron chi connectivity index (χ3n) is 5.83. The molecule has 3 nitrogen and oxygen atoms in total. The van der Waals surface area contributed by atoms with E-state index < -0.39 is 12.2 Å². The Bertz CT molecular complexity index is 850. The normalized spacial score (nSPS) is 16.2. The average molecular weight is 421 g/mol. The van der Waals surface area contributed by atoms with Gasteiger partial charge >= 0.3 is 6.18 Å². The number of carbonyl (C=O) groups excluding carboxylic acids is 1. The topological polar surface area (TPSA) is 32.3 Å². The molecule has 0 aromatic heterocycles. The summed E-state index contributed by atoms with van der Waals surface area (Å²) in [5.74, 6) is -0.371. The van der Waals surface area contributed by atoms with Gasteiger partial charge in [-0.1, -0.05) is 75.8 Å². The fourth-order valence-electron chi connectivity index (χ4n) is 4.25. The Morgan fingerprint density at radius 3 is 2.43 bits per heavy atom. The fourth-order valence-corrected chi connectivity index (χ4v) is 4.25. The maximum Gasteiger partial charge on any atom is 0.409 e. The summed E-state index contributed by atoms with van der Waals surface area (Å²) < 4.78 is 41.6. The number of aryl methyl sites for hydroxylation is 1. The molecule has 30 heavy (non-hydrogen) atoms. The molecule has 0 spiro atoms. The first kappa shape index (κ1) is 22.6. The van der Waals surface area contributed by atoms with Crippen LogP contribution in [0.2, 0.25) is 0 Å². The van der Waals surface area contributed by atoms with Gasteiger partial charge in [-0.2, -0.15) is 13.2 Å². The Morgan fingerprint density at radius 1 is 1.03 bits per heavy atom. The third kappa shape index (κ3) is 5.75. The van der Waals surface area contributed by atoms with E-state index >= 15 is 0 Å². The fraction of sp³-hybridized carbons (Fsp3) is 0.542. The van der Waals surface area contributed by atoms with Gasteiger partial charge in [-0.25, -0.2) is 5.01 Å². The molecule has 0 aliphatic carbocycles. The molecule has 1 heterocycles. The van der Waals surface area contributed by atoms with Gasteiger partial charge in [-0.15, -0.1) is 0 Å². The van der Waals surface area contributed by atoms with Crippen molar-refractivity contribution in [3.8, 4) is 0 Å². The van der Waals surface area contributed by atoms with E-state index in [1.54, 1.807) is 12.1 Å². The largest absolute Gasteiger partial charge is 0.409 e. The molecule has 2 aromatic carbocycles. The van der Waals surface area contributed by atoms with Crippen molar-refractivity contribution in [3.63, 3.8) is 0 Å². The number of nitrogens with one attached hydrogen (secondary N) is 1. The Balaban J connectivity index is 1.76. The van der Waals surface area contributed by atoms with Crippen LogP contribution in [0.25, 0.3) is 10.8 Å². The number of hydrazine groups is 1. The third-order valence-corrected chi connectivity index (χ3v) is 5.83. The minimum Gasteiger partial charge on any atom is -0.288 e. The minimum absolute atomic E-state index is 0.0563. The van der Waals surface area contributed by atoms with E-state index in [0.29, 0.717) is 0 Å².